The van der Waals surface area contributed by atoms with Gasteiger partial charge in [-0.05, 0) is 31.6 Å². The third-order valence-electron chi connectivity index (χ3n) is 5.59. The summed E-state index contributed by atoms with van der Waals surface area (Å²) >= 11 is 0. The van der Waals surface area contributed by atoms with E-state index in [9.17, 15) is 5.26 Å². The third-order valence-corrected chi connectivity index (χ3v) is 5.59. The van der Waals surface area contributed by atoms with Crippen molar-refractivity contribution in [1.82, 2.24) is 0 Å². The van der Waals surface area contributed by atoms with E-state index in [-0.39, 0.29) is 11.3 Å². The largest absolute Gasteiger partial charge is 0.198 e. The zero-order valence-corrected chi connectivity index (χ0v) is 9.81. The molecule has 0 N–H and O–H groups in total. The highest BCUT2D eigenvalue weighted by molar-refractivity contribution is 5.40. The summed E-state index contributed by atoms with van der Waals surface area (Å²) in [6, 6.07) is 2.51. The standard InChI is InChI=1S/C13H19N/c1-8-9(2)13(5)10(3)12(8,4)6-11(13)7-14/h10-11H,6H2,1-5H3/t10?,11?,12-,13+/m1/s1. The van der Waals surface area contributed by atoms with E-state index in [4.69, 9.17) is 0 Å². The Morgan fingerprint density at radius 3 is 2.21 bits per heavy atom. The lowest BCUT2D eigenvalue weighted by molar-refractivity contribution is 0.237. The highest BCUT2D eigenvalue weighted by atomic mass is 14.7. The van der Waals surface area contributed by atoms with Crippen molar-refractivity contribution < 1.29 is 0 Å². The Hall–Kier alpha value is -0.770. The van der Waals surface area contributed by atoms with E-state index in [0.29, 0.717) is 11.3 Å². The van der Waals surface area contributed by atoms with Crippen molar-refractivity contribution in [1.29, 1.82) is 5.26 Å². The number of rotatable bonds is 0. The first-order valence-corrected chi connectivity index (χ1v) is 5.47. The molecule has 0 aromatic carbocycles. The van der Waals surface area contributed by atoms with Crippen LogP contribution in [0.5, 0.6) is 0 Å². The summed E-state index contributed by atoms with van der Waals surface area (Å²) in [7, 11) is 0. The lowest BCUT2D eigenvalue weighted by Gasteiger charge is -2.31. The Kier molecular flexibility index (Phi) is 1.69. The Labute approximate surface area is 86.8 Å². The first kappa shape index (κ1) is 9.77. The fourth-order valence-electron chi connectivity index (χ4n) is 3.85. The third kappa shape index (κ3) is 0.726. The fraction of sp³-hybridized carbons (Fsp3) is 0.769. The number of hydrogen-bond acceptors (Lipinski definition) is 1. The van der Waals surface area contributed by atoms with Crippen molar-refractivity contribution in [3.8, 4) is 6.07 Å². The number of hydrogen-bond donors (Lipinski definition) is 0. The van der Waals surface area contributed by atoms with Crippen molar-refractivity contribution in [2.75, 3.05) is 0 Å². The minimum Gasteiger partial charge on any atom is -0.198 e. The highest BCUT2D eigenvalue weighted by Crippen LogP contribution is 2.69. The smallest absolute Gasteiger partial charge is 0.0665 e. The number of fused-ring (bicyclic) bond motifs is 2. The van der Waals surface area contributed by atoms with Crippen LogP contribution in [0, 0.1) is 34.0 Å². The highest BCUT2D eigenvalue weighted by Gasteiger charge is 2.62. The van der Waals surface area contributed by atoms with Crippen LogP contribution in [-0.2, 0) is 0 Å². The second-order valence-corrected chi connectivity index (χ2v) is 5.56. The SMILES string of the molecule is CC1=C(C)[C@@]2(C)CC(C#N)[C@]1(C)C2C. The maximum absolute atomic E-state index is 9.22. The van der Waals surface area contributed by atoms with E-state index in [0.717, 1.165) is 6.42 Å². The van der Waals surface area contributed by atoms with E-state index in [1.54, 1.807) is 5.57 Å². The first-order chi connectivity index (χ1) is 6.39. The van der Waals surface area contributed by atoms with Crippen molar-refractivity contribution >= 4 is 0 Å². The lowest BCUT2D eigenvalue weighted by Crippen LogP contribution is -2.26. The quantitative estimate of drug-likeness (QED) is 0.535. The zero-order valence-electron chi connectivity index (χ0n) is 9.81. The van der Waals surface area contributed by atoms with Gasteiger partial charge in [0.1, 0.15) is 0 Å². The predicted octanol–water partition coefficient (Wildman–Crippen LogP) is 3.53. The van der Waals surface area contributed by atoms with Gasteiger partial charge in [-0.25, -0.2) is 0 Å². The van der Waals surface area contributed by atoms with Gasteiger partial charge in [0.2, 0.25) is 0 Å². The number of nitrogens with zero attached hydrogens (tertiary/aromatic N) is 1. The number of nitriles is 1. The molecule has 14 heavy (non-hydrogen) atoms. The summed E-state index contributed by atoms with van der Waals surface area (Å²) in [5, 5.41) is 9.22. The predicted molar refractivity (Wildman–Crippen MR) is 57.5 cm³/mol. The molecule has 0 amide bonds. The molecule has 2 unspecified atom stereocenters. The van der Waals surface area contributed by atoms with E-state index in [2.05, 4.69) is 40.7 Å². The summed E-state index contributed by atoms with van der Waals surface area (Å²) in [4.78, 5) is 0. The molecular weight excluding hydrogens is 170 g/mol. The molecule has 76 valence electrons. The van der Waals surface area contributed by atoms with E-state index < -0.39 is 0 Å². The molecule has 1 nitrogen and oxygen atoms in total. The molecule has 0 radical (unpaired) electrons. The van der Waals surface area contributed by atoms with E-state index in [1.165, 1.54) is 5.57 Å². The summed E-state index contributed by atoms with van der Waals surface area (Å²) in [5.74, 6) is 0.853. The van der Waals surface area contributed by atoms with E-state index in [1.807, 2.05) is 0 Å². The maximum atomic E-state index is 9.22. The van der Waals surface area contributed by atoms with E-state index >= 15 is 0 Å². The molecule has 4 atom stereocenters. The van der Waals surface area contributed by atoms with Gasteiger partial charge < -0.3 is 0 Å². The molecule has 0 spiro atoms. The van der Waals surface area contributed by atoms with Crippen molar-refractivity contribution in [3.05, 3.63) is 11.1 Å². The van der Waals surface area contributed by atoms with Gasteiger partial charge in [-0.1, -0.05) is 31.9 Å². The number of allylic oxidation sites excluding steroid dienone is 2. The van der Waals surface area contributed by atoms with Gasteiger partial charge in [0, 0.05) is 5.41 Å². The molecule has 1 saturated carbocycles. The summed E-state index contributed by atoms with van der Waals surface area (Å²) in [6.07, 6.45) is 1.06. The Morgan fingerprint density at radius 1 is 1.29 bits per heavy atom. The molecular formula is C13H19N. The van der Waals surface area contributed by atoms with Crippen molar-refractivity contribution in [2.45, 2.75) is 41.0 Å². The topological polar surface area (TPSA) is 23.8 Å². The molecule has 2 bridgehead atoms. The lowest BCUT2D eigenvalue weighted by atomic mass is 9.71. The van der Waals surface area contributed by atoms with Crippen LogP contribution in [0.3, 0.4) is 0 Å². The van der Waals surface area contributed by atoms with Crippen LogP contribution in [0.15, 0.2) is 11.1 Å². The molecule has 0 aromatic rings. The van der Waals surface area contributed by atoms with Crippen LogP contribution in [-0.4, -0.2) is 0 Å². The van der Waals surface area contributed by atoms with Gasteiger partial charge in [-0.2, -0.15) is 5.26 Å². The molecule has 1 heteroatoms. The second-order valence-electron chi connectivity index (χ2n) is 5.56. The van der Waals surface area contributed by atoms with Crippen LogP contribution in [0.1, 0.15) is 41.0 Å². The monoisotopic (exact) mass is 189 g/mol. The molecule has 0 saturated heterocycles. The van der Waals surface area contributed by atoms with Crippen LogP contribution in [0.25, 0.3) is 0 Å². The van der Waals surface area contributed by atoms with Crippen LogP contribution in [0.2, 0.25) is 0 Å². The Morgan fingerprint density at radius 2 is 1.86 bits per heavy atom. The first-order valence-electron chi connectivity index (χ1n) is 5.47. The molecule has 2 aliphatic rings. The Bertz CT molecular complexity index is 360. The van der Waals surface area contributed by atoms with Gasteiger partial charge in [-0.15, -0.1) is 0 Å². The molecule has 0 aromatic heterocycles. The fourth-order valence-corrected chi connectivity index (χ4v) is 3.85. The average Bonchev–Trinajstić information content (AvgIpc) is 2.44. The molecule has 0 aliphatic heterocycles. The minimum absolute atomic E-state index is 0.146. The summed E-state index contributed by atoms with van der Waals surface area (Å²) in [5.41, 5.74) is 3.46. The van der Waals surface area contributed by atoms with Crippen molar-refractivity contribution in [2.24, 2.45) is 22.7 Å². The maximum Gasteiger partial charge on any atom is 0.0665 e. The van der Waals surface area contributed by atoms with Crippen LogP contribution < -0.4 is 0 Å². The van der Waals surface area contributed by atoms with Gasteiger partial charge in [0.25, 0.3) is 0 Å². The van der Waals surface area contributed by atoms with Crippen molar-refractivity contribution in [3.63, 3.8) is 0 Å². The molecule has 2 aliphatic carbocycles. The molecule has 0 heterocycles. The second kappa shape index (κ2) is 2.42. The normalized spacial score (nSPS) is 51.1. The minimum atomic E-state index is 0.146. The van der Waals surface area contributed by atoms with Gasteiger partial charge in [-0.3, -0.25) is 0 Å². The average molecular weight is 189 g/mol. The Balaban J connectivity index is 2.62. The van der Waals surface area contributed by atoms with Crippen LogP contribution in [0.4, 0.5) is 0 Å². The summed E-state index contributed by atoms with van der Waals surface area (Å²) < 4.78 is 0. The van der Waals surface area contributed by atoms with Gasteiger partial charge in [0.05, 0.1) is 12.0 Å². The summed E-state index contributed by atoms with van der Waals surface area (Å²) in [6.45, 7) is 11.4. The van der Waals surface area contributed by atoms with Gasteiger partial charge in [0.15, 0.2) is 0 Å². The molecule has 1 fully saturated rings. The zero-order chi connectivity index (χ0) is 10.7. The molecule has 2 rings (SSSR count). The van der Waals surface area contributed by atoms with Crippen LogP contribution >= 0.6 is 0 Å². The van der Waals surface area contributed by atoms with Gasteiger partial charge >= 0.3 is 0 Å².